The van der Waals surface area contributed by atoms with Crippen molar-refractivity contribution >= 4 is 0 Å². The maximum Gasteiger partial charge on any atom is 0.201 e. The van der Waals surface area contributed by atoms with Crippen LogP contribution in [0.1, 0.15) is 70.3 Å². The van der Waals surface area contributed by atoms with Crippen molar-refractivity contribution in [2.24, 2.45) is 5.92 Å². The van der Waals surface area contributed by atoms with Crippen LogP contribution in [0.25, 0.3) is 11.1 Å². The van der Waals surface area contributed by atoms with Crippen molar-refractivity contribution in [1.82, 2.24) is 0 Å². The first-order valence-electron chi connectivity index (χ1n) is 11.0. The molecule has 0 radical (unpaired) electrons. The van der Waals surface area contributed by atoms with E-state index in [1.807, 2.05) is 19.1 Å². The van der Waals surface area contributed by atoms with Gasteiger partial charge in [0.25, 0.3) is 0 Å². The van der Waals surface area contributed by atoms with Crippen LogP contribution in [-0.4, -0.2) is 6.61 Å². The summed E-state index contributed by atoms with van der Waals surface area (Å²) in [5.41, 5.74) is 2.29. The highest BCUT2D eigenvalue weighted by Crippen LogP contribution is 2.38. The fourth-order valence-corrected chi connectivity index (χ4v) is 4.20. The summed E-state index contributed by atoms with van der Waals surface area (Å²) in [7, 11) is 0. The van der Waals surface area contributed by atoms with E-state index in [0.29, 0.717) is 18.1 Å². The molecular weight excluding hydrogens is 366 g/mol. The van der Waals surface area contributed by atoms with Crippen LogP contribution in [0.15, 0.2) is 48.6 Å². The topological polar surface area (TPSA) is 9.23 Å². The molecule has 0 unspecified atom stereocenters. The lowest BCUT2D eigenvalue weighted by atomic mass is 9.77. The van der Waals surface area contributed by atoms with Gasteiger partial charge in [-0.25, -0.2) is 4.39 Å². The van der Waals surface area contributed by atoms with Gasteiger partial charge in [-0.3, -0.25) is 0 Å². The summed E-state index contributed by atoms with van der Waals surface area (Å²) in [5, 5.41) is 0. The third kappa shape index (κ3) is 5.46. The van der Waals surface area contributed by atoms with Crippen molar-refractivity contribution < 1.29 is 13.5 Å². The first-order chi connectivity index (χ1) is 14.1. The molecular formula is C26H32F2O. The minimum Gasteiger partial charge on any atom is -0.490 e. The fourth-order valence-electron chi connectivity index (χ4n) is 4.20. The maximum absolute atomic E-state index is 14.5. The number of halogens is 2. The van der Waals surface area contributed by atoms with Crippen LogP contribution in [0.4, 0.5) is 8.78 Å². The summed E-state index contributed by atoms with van der Waals surface area (Å²) < 4.78 is 34.1. The van der Waals surface area contributed by atoms with Crippen molar-refractivity contribution in [3.05, 3.63) is 65.7 Å². The second-order valence-corrected chi connectivity index (χ2v) is 8.04. The predicted octanol–water partition coefficient (Wildman–Crippen LogP) is 8.05. The van der Waals surface area contributed by atoms with E-state index in [2.05, 4.69) is 31.2 Å². The Morgan fingerprint density at radius 3 is 2.28 bits per heavy atom. The highest BCUT2D eigenvalue weighted by molar-refractivity contribution is 5.65. The number of benzene rings is 2. The van der Waals surface area contributed by atoms with Crippen LogP contribution in [0.3, 0.4) is 0 Å². The molecule has 1 nitrogen and oxygen atoms in total. The lowest BCUT2D eigenvalue weighted by Crippen LogP contribution is -2.12. The van der Waals surface area contributed by atoms with E-state index in [4.69, 9.17) is 4.74 Å². The first kappa shape index (κ1) is 21.5. The van der Waals surface area contributed by atoms with Crippen LogP contribution in [-0.2, 0) is 0 Å². The Kier molecular flexibility index (Phi) is 7.85. The molecule has 0 heterocycles. The van der Waals surface area contributed by atoms with Gasteiger partial charge in [-0.05, 0) is 80.0 Å². The third-order valence-electron chi connectivity index (χ3n) is 5.92. The van der Waals surface area contributed by atoms with Crippen molar-refractivity contribution in [2.45, 2.75) is 64.7 Å². The van der Waals surface area contributed by atoms with E-state index in [1.54, 1.807) is 6.07 Å². The maximum atomic E-state index is 14.5. The molecule has 3 heteroatoms. The molecule has 3 rings (SSSR count). The Labute approximate surface area is 173 Å². The van der Waals surface area contributed by atoms with Crippen LogP contribution < -0.4 is 4.74 Å². The van der Waals surface area contributed by atoms with Crippen molar-refractivity contribution in [1.29, 1.82) is 0 Å². The molecule has 2 aromatic carbocycles. The van der Waals surface area contributed by atoms with Crippen LogP contribution in [0.2, 0.25) is 0 Å². The molecule has 29 heavy (non-hydrogen) atoms. The number of ether oxygens (including phenoxy) is 1. The lowest BCUT2D eigenvalue weighted by molar-refractivity contribution is 0.295. The van der Waals surface area contributed by atoms with Crippen molar-refractivity contribution in [3.8, 4) is 16.9 Å². The van der Waals surface area contributed by atoms with E-state index in [-0.39, 0.29) is 11.3 Å². The second-order valence-electron chi connectivity index (χ2n) is 8.04. The monoisotopic (exact) mass is 398 g/mol. The standard InChI is InChI=1S/C26H32F2O/c1-3-5-6-7-19-8-10-20(11-9-19)21-12-14-22(15-13-21)23-16-17-24(29-18-4-2)26(28)25(23)27/h5-6,12-17,19-20H,3-4,7-11,18H2,1-2H3/b6-5-. The molecule has 1 aliphatic carbocycles. The molecule has 0 aromatic heterocycles. The molecule has 0 atom stereocenters. The smallest absolute Gasteiger partial charge is 0.201 e. The van der Waals surface area contributed by atoms with E-state index in [9.17, 15) is 8.78 Å². The molecule has 0 spiro atoms. The average molecular weight is 399 g/mol. The van der Waals surface area contributed by atoms with Crippen molar-refractivity contribution in [3.63, 3.8) is 0 Å². The Hall–Kier alpha value is -2.16. The summed E-state index contributed by atoms with van der Waals surface area (Å²) >= 11 is 0. The van der Waals surface area contributed by atoms with Gasteiger partial charge in [-0.1, -0.05) is 50.3 Å². The molecule has 156 valence electrons. The minimum absolute atomic E-state index is 0.0183. The van der Waals surface area contributed by atoms with E-state index >= 15 is 0 Å². The molecule has 0 aliphatic heterocycles. The van der Waals surface area contributed by atoms with Crippen LogP contribution in [0.5, 0.6) is 5.75 Å². The molecule has 1 aliphatic rings. The van der Waals surface area contributed by atoms with E-state index in [1.165, 1.54) is 43.7 Å². The first-order valence-corrected chi connectivity index (χ1v) is 11.0. The van der Waals surface area contributed by atoms with E-state index < -0.39 is 11.6 Å². The number of hydrogen-bond acceptors (Lipinski definition) is 1. The number of rotatable bonds is 8. The zero-order chi connectivity index (χ0) is 20.6. The molecule has 1 saturated carbocycles. The SMILES string of the molecule is CC/C=C\CC1CCC(c2ccc(-c3ccc(OCCC)c(F)c3F)cc2)CC1. The molecule has 0 saturated heterocycles. The summed E-state index contributed by atoms with van der Waals surface area (Å²) in [6.45, 7) is 4.48. The van der Waals surface area contributed by atoms with Gasteiger partial charge >= 0.3 is 0 Å². The minimum atomic E-state index is -0.907. The highest BCUT2D eigenvalue weighted by atomic mass is 19.2. The lowest BCUT2D eigenvalue weighted by Gasteiger charge is -2.28. The van der Waals surface area contributed by atoms with Gasteiger partial charge in [0, 0.05) is 5.56 Å². The summed E-state index contributed by atoms with van der Waals surface area (Å²) in [4.78, 5) is 0. The third-order valence-corrected chi connectivity index (χ3v) is 5.92. The molecule has 0 N–H and O–H groups in total. The quantitative estimate of drug-likeness (QED) is 0.409. The zero-order valence-corrected chi connectivity index (χ0v) is 17.6. The Morgan fingerprint density at radius 1 is 0.897 bits per heavy atom. The van der Waals surface area contributed by atoms with Gasteiger partial charge in [0.1, 0.15) is 0 Å². The molecule has 1 fully saturated rings. The van der Waals surface area contributed by atoms with Crippen LogP contribution >= 0.6 is 0 Å². The molecule has 0 amide bonds. The highest BCUT2D eigenvalue weighted by Gasteiger charge is 2.22. The predicted molar refractivity (Wildman–Crippen MR) is 116 cm³/mol. The summed E-state index contributed by atoms with van der Waals surface area (Å²) in [6, 6.07) is 11.1. The van der Waals surface area contributed by atoms with Gasteiger partial charge in [0.15, 0.2) is 11.6 Å². The Bertz CT molecular complexity index is 802. The van der Waals surface area contributed by atoms with Gasteiger partial charge in [-0.15, -0.1) is 0 Å². The summed E-state index contributed by atoms with van der Waals surface area (Å²) in [6.07, 6.45) is 12.6. The molecule has 0 bridgehead atoms. The van der Waals surface area contributed by atoms with Gasteiger partial charge in [-0.2, -0.15) is 4.39 Å². The largest absolute Gasteiger partial charge is 0.490 e. The average Bonchev–Trinajstić information content (AvgIpc) is 2.76. The summed E-state index contributed by atoms with van der Waals surface area (Å²) in [5.74, 6) is -0.390. The van der Waals surface area contributed by atoms with Gasteiger partial charge in [0.05, 0.1) is 6.61 Å². The molecule has 2 aromatic rings. The number of hydrogen-bond donors (Lipinski definition) is 0. The zero-order valence-electron chi connectivity index (χ0n) is 17.6. The Balaban J connectivity index is 1.65. The Morgan fingerprint density at radius 2 is 1.62 bits per heavy atom. The van der Waals surface area contributed by atoms with E-state index in [0.717, 1.165) is 18.8 Å². The van der Waals surface area contributed by atoms with Gasteiger partial charge in [0.2, 0.25) is 5.82 Å². The van der Waals surface area contributed by atoms with Gasteiger partial charge < -0.3 is 4.74 Å². The number of allylic oxidation sites excluding steroid dienone is 2. The second kappa shape index (κ2) is 10.6. The van der Waals surface area contributed by atoms with Crippen LogP contribution in [0, 0.1) is 17.6 Å². The van der Waals surface area contributed by atoms with Crippen molar-refractivity contribution in [2.75, 3.05) is 6.61 Å². The normalized spacial score (nSPS) is 19.6. The fraction of sp³-hybridized carbons (Fsp3) is 0.462.